The van der Waals surface area contributed by atoms with Crippen molar-refractivity contribution in [3.8, 4) is 0 Å². The Balaban J connectivity index is 7.40. The third-order valence-electron chi connectivity index (χ3n) is 4.55. The molecule has 0 spiro atoms. The average Bonchev–Trinajstić information content (AvgIpc) is 2.79. The van der Waals surface area contributed by atoms with E-state index in [1.165, 1.54) is 0 Å². The van der Waals surface area contributed by atoms with Gasteiger partial charge in [0, 0.05) is 0 Å². The van der Waals surface area contributed by atoms with Crippen molar-refractivity contribution < 1.29 is 120 Å². The minimum Gasteiger partial charge on any atom is -0.476 e. The molecule has 0 saturated carbocycles. The number of alkyl halides is 21. The summed E-state index contributed by atoms with van der Waals surface area (Å²) in [6.45, 7) is 0. The van der Waals surface area contributed by atoms with Crippen molar-refractivity contribution in [3.63, 3.8) is 0 Å². The van der Waals surface area contributed by atoms with Crippen LogP contribution in [0.25, 0.3) is 0 Å². The van der Waals surface area contributed by atoms with Crippen molar-refractivity contribution in [2.75, 3.05) is 0 Å². The van der Waals surface area contributed by atoms with E-state index in [9.17, 15) is 115 Å². The van der Waals surface area contributed by atoms with E-state index >= 15 is 0 Å². The Hall–Kier alpha value is -2.80. The Labute approximate surface area is 210 Å². The minimum atomic E-state index is -9.57. The van der Waals surface area contributed by atoms with Crippen molar-refractivity contribution >= 4 is 5.97 Å². The smallest absolute Gasteiger partial charge is 0.460 e. The lowest BCUT2D eigenvalue weighted by atomic mass is 9.86. The molecule has 0 rings (SSSR count). The molecular formula is C15HF25O2. The largest absolute Gasteiger partial charge is 0.476 e. The van der Waals surface area contributed by atoms with E-state index < -0.39 is 88.8 Å². The van der Waals surface area contributed by atoms with Crippen molar-refractivity contribution in [2.24, 2.45) is 0 Å². The lowest BCUT2D eigenvalue weighted by molar-refractivity contribution is -0.473. The summed E-state index contributed by atoms with van der Waals surface area (Å²) in [5.41, 5.74) is 0. The Morgan fingerprint density at radius 2 is 0.595 bits per heavy atom. The fourth-order valence-corrected chi connectivity index (χ4v) is 2.12. The Morgan fingerprint density at radius 3 is 0.833 bits per heavy atom. The molecule has 0 aromatic heterocycles. The molecule has 0 aliphatic carbocycles. The topological polar surface area (TPSA) is 37.3 Å². The van der Waals surface area contributed by atoms with Crippen LogP contribution in [0.1, 0.15) is 0 Å². The van der Waals surface area contributed by atoms with Gasteiger partial charge in [-0.2, -0.15) is 96.6 Å². The van der Waals surface area contributed by atoms with Crippen LogP contribution in [-0.2, 0) is 4.79 Å². The molecule has 0 atom stereocenters. The normalized spacial score (nSPS) is 17.2. The lowest BCUT2D eigenvalue weighted by Gasteiger charge is -2.44. The van der Waals surface area contributed by atoms with Gasteiger partial charge in [-0.15, -0.1) is 0 Å². The van der Waals surface area contributed by atoms with E-state index in [1.54, 1.807) is 0 Å². The number of hydrogen-bond donors (Lipinski definition) is 1. The highest BCUT2D eigenvalue weighted by Crippen LogP contribution is 2.66. The third-order valence-corrected chi connectivity index (χ3v) is 4.55. The molecule has 0 bridgehead atoms. The Bertz CT molecular complexity index is 1120. The standard InChI is InChI=1S/C15HF25O2/c16-1(3(18)5(41)42)2(17)4(19)6(20,21)7(22,23)8(24,25)9(26,27)10(28,29)11(30,31)12(32,33)13(34,35)14(36,37)15(38,39)40/h(H,41,42)/b3-1+,4-2+. The highest BCUT2D eigenvalue weighted by atomic mass is 19.4. The van der Waals surface area contributed by atoms with Crippen LogP contribution >= 0.6 is 0 Å². The molecule has 0 radical (unpaired) electrons. The maximum absolute atomic E-state index is 13.6. The molecule has 2 nitrogen and oxygen atoms in total. The van der Waals surface area contributed by atoms with E-state index in [4.69, 9.17) is 5.11 Å². The molecular weight excluding hydrogens is 687 g/mol. The zero-order chi connectivity index (χ0) is 34.9. The second kappa shape index (κ2) is 10.1. The maximum atomic E-state index is 13.6. The van der Waals surface area contributed by atoms with Gasteiger partial charge >= 0.3 is 65.4 Å². The third kappa shape index (κ3) is 4.86. The molecule has 0 heterocycles. The molecule has 0 aromatic carbocycles. The maximum Gasteiger partial charge on any atom is 0.460 e. The van der Waals surface area contributed by atoms with Gasteiger partial charge in [0.2, 0.25) is 17.5 Å². The van der Waals surface area contributed by atoms with Crippen LogP contribution in [0.3, 0.4) is 0 Å². The number of halogens is 25. The first-order chi connectivity index (χ1) is 17.8. The molecule has 1 N–H and O–H groups in total. The van der Waals surface area contributed by atoms with E-state index in [1.807, 2.05) is 0 Å². The molecule has 0 unspecified atom stereocenters. The van der Waals surface area contributed by atoms with E-state index in [0.717, 1.165) is 0 Å². The zero-order valence-electron chi connectivity index (χ0n) is 17.8. The number of hydrogen-bond acceptors (Lipinski definition) is 1. The number of rotatable bonds is 11. The first-order valence-electron chi connectivity index (χ1n) is 8.65. The number of carboxylic acid groups (broad SMARTS) is 1. The van der Waals surface area contributed by atoms with Crippen molar-refractivity contribution in [2.45, 2.75) is 59.5 Å². The van der Waals surface area contributed by atoms with Gasteiger partial charge in [-0.3, -0.25) is 0 Å². The SMILES string of the molecule is O=C(O)/C(F)=C(F)/C(F)=C(\F)C(F)(F)C(F)(F)C(F)(F)C(F)(F)C(F)(F)C(F)(F)C(F)(F)C(F)(F)C(F)(F)C(F)(F)F. The van der Waals surface area contributed by atoms with Crippen molar-refractivity contribution in [1.29, 1.82) is 0 Å². The number of carbonyl (C=O) groups is 1. The Morgan fingerprint density at radius 1 is 0.357 bits per heavy atom. The van der Waals surface area contributed by atoms with Gasteiger partial charge in [-0.05, 0) is 0 Å². The second-order valence-electron chi connectivity index (χ2n) is 7.23. The summed E-state index contributed by atoms with van der Waals surface area (Å²) in [5.74, 6) is -104. The van der Waals surface area contributed by atoms with Crippen LogP contribution in [0.5, 0.6) is 0 Å². The fraction of sp³-hybridized carbons (Fsp3) is 0.667. The summed E-state index contributed by atoms with van der Waals surface area (Å²) in [4.78, 5) is 9.96. The van der Waals surface area contributed by atoms with Crippen LogP contribution < -0.4 is 0 Å². The van der Waals surface area contributed by atoms with Gasteiger partial charge in [0.05, 0.1) is 0 Å². The van der Waals surface area contributed by atoms with Gasteiger partial charge in [-0.1, -0.05) is 0 Å². The fourth-order valence-electron chi connectivity index (χ4n) is 2.12. The predicted octanol–water partition coefficient (Wildman–Crippen LogP) is 8.65. The summed E-state index contributed by atoms with van der Waals surface area (Å²) in [5, 5.41) is 7.85. The van der Waals surface area contributed by atoms with E-state index in [0.29, 0.717) is 0 Å². The first-order valence-corrected chi connectivity index (χ1v) is 8.65. The summed E-state index contributed by atoms with van der Waals surface area (Å²) in [6, 6.07) is 0. The monoisotopic (exact) mass is 688 g/mol. The van der Waals surface area contributed by atoms with Gasteiger partial charge < -0.3 is 5.11 Å². The Kier molecular flexibility index (Phi) is 9.46. The number of aliphatic carboxylic acids is 1. The molecule has 0 aliphatic heterocycles. The van der Waals surface area contributed by atoms with Crippen LogP contribution in [0.4, 0.5) is 110 Å². The summed E-state index contributed by atoms with van der Waals surface area (Å²) in [7, 11) is 0. The summed E-state index contributed by atoms with van der Waals surface area (Å²) in [6.07, 6.45) is -8.18. The predicted molar refractivity (Wildman–Crippen MR) is 76.7 cm³/mol. The molecule has 0 aliphatic rings. The van der Waals surface area contributed by atoms with Crippen LogP contribution in [-0.4, -0.2) is 70.6 Å². The number of allylic oxidation sites excluding steroid dienone is 3. The van der Waals surface area contributed by atoms with Crippen LogP contribution in [0, 0.1) is 0 Å². The average molecular weight is 688 g/mol. The van der Waals surface area contributed by atoms with Gasteiger partial charge in [0.25, 0.3) is 0 Å². The quantitative estimate of drug-likeness (QED) is 0.134. The van der Waals surface area contributed by atoms with Crippen LogP contribution in [0.15, 0.2) is 23.3 Å². The molecule has 42 heavy (non-hydrogen) atoms. The molecule has 248 valence electrons. The molecule has 27 heteroatoms. The number of carboxylic acids is 1. The molecule has 0 saturated heterocycles. The molecule has 0 aromatic rings. The van der Waals surface area contributed by atoms with Gasteiger partial charge in [0.1, 0.15) is 0 Å². The van der Waals surface area contributed by atoms with Gasteiger partial charge in [-0.25, -0.2) is 18.0 Å². The lowest BCUT2D eigenvalue weighted by Crippen LogP contribution is -2.76. The van der Waals surface area contributed by atoms with Crippen molar-refractivity contribution in [3.05, 3.63) is 23.3 Å². The summed E-state index contributed by atoms with van der Waals surface area (Å²) >= 11 is 0. The minimum absolute atomic E-state index is 3.43. The highest BCUT2D eigenvalue weighted by Gasteiger charge is 2.98. The van der Waals surface area contributed by atoms with E-state index in [2.05, 4.69) is 0 Å². The van der Waals surface area contributed by atoms with Gasteiger partial charge in [0.15, 0.2) is 5.83 Å². The zero-order valence-corrected chi connectivity index (χ0v) is 17.8. The summed E-state index contributed by atoms with van der Waals surface area (Å²) < 4.78 is 328. The highest BCUT2D eigenvalue weighted by molar-refractivity contribution is 5.85. The second-order valence-corrected chi connectivity index (χ2v) is 7.23. The first kappa shape index (κ1) is 39.2. The van der Waals surface area contributed by atoms with E-state index in [-0.39, 0.29) is 0 Å². The molecule has 0 amide bonds. The molecule has 0 fully saturated rings. The van der Waals surface area contributed by atoms with Crippen molar-refractivity contribution in [1.82, 2.24) is 0 Å². The van der Waals surface area contributed by atoms with Crippen LogP contribution in [0.2, 0.25) is 0 Å².